The van der Waals surface area contributed by atoms with E-state index in [1.54, 1.807) is 25.5 Å². The summed E-state index contributed by atoms with van der Waals surface area (Å²) >= 11 is 0. The molecule has 2 heterocycles. The molecule has 0 saturated carbocycles. The number of aromatic nitrogens is 2. The summed E-state index contributed by atoms with van der Waals surface area (Å²) in [4.78, 5) is 25.4. The summed E-state index contributed by atoms with van der Waals surface area (Å²) in [6, 6.07) is 0. The predicted octanol–water partition coefficient (Wildman–Crippen LogP) is 2.07. The summed E-state index contributed by atoms with van der Waals surface area (Å²) in [5.41, 5.74) is 2.07. The molecule has 128 valence electrons. The zero-order valence-corrected chi connectivity index (χ0v) is 14.6. The van der Waals surface area contributed by atoms with Gasteiger partial charge in [0.2, 0.25) is 0 Å². The van der Waals surface area contributed by atoms with Crippen molar-refractivity contribution in [1.29, 1.82) is 0 Å². The number of likely N-dealkylation sites (tertiary alicyclic amines) is 1. The molecule has 1 aromatic heterocycles. The quantitative estimate of drug-likeness (QED) is 0.900. The van der Waals surface area contributed by atoms with Crippen molar-refractivity contribution in [2.24, 2.45) is 13.0 Å². The average molecular weight is 323 g/mol. The topological polar surface area (TPSA) is 84.7 Å². The Morgan fingerprint density at radius 1 is 1.26 bits per heavy atom. The van der Waals surface area contributed by atoms with Crippen molar-refractivity contribution in [3.05, 3.63) is 17.0 Å². The van der Waals surface area contributed by atoms with Crippen molar-refractivity contribution < 1.29 is 19.4 Å². The maximum Gasteiger partial charge on any atom is 0.410 e. The molecule has 1 saturated heterocycles. The first-order valence-corrected chi connectivity index (χ1v) is 7.72. The second kappa shape index (κ2) is 5.86. The van der Waals surface area contributed by atoms with E-state index in [-0.39, 0.29) is 12.5 Å². The molecule has 1 N–H and O–H groups in total. The van der Waals surface area contributed by atoms with Crippen LogP contribution in [0.2, 0.25) is 0 Å². The van der Waals surface area contributed by atoms with Crippen LogP contribution in [-0.2, 0) is 16.6 Å². The maximum atomic E-state index is 12.3. The second-order valence-corrected chi connectivity index (χ2v) is 7.14. The molecular formula is C16H25N3O4. The summed E-state index contributed by atoms with van der Waals surface area (Å²) in [5.74, 6) is -1.82. The molecule has 1 amide bonds. The number of hydrogen-bond donors (Lipinski definition) is 1. The Bertz CT molecular complexity index is 630. The van der Waals surface area contributed by atoms with E-state index < -0.39 is 23.6 Å². The largest absolute Gasteiger partial charge is 0.481 e. The fourth-order valence-electron chi connectivity index (χ4n) is 3.15. The summed E-state index contributed by atoms with van der Waals surface area (Å²) in [6.07, 6.45) is -0.467. The van der Waals surface area contributed by atoms with Gasteiger partial charge in [-0.2, -0.15) is 5.10 Å². The van der Waals surface area contributed by atoms with Crippen molar-refractivity contribution in [1.82, 2.24) is 14.7 Å². The third-order valence-electron chi connectivity index (χ3n) is 4.22. The third kappa shape index (κ3) is 3.48. The van der Waals surface area contributed by atoms with Gasteiger partial charge in [0.1, 0.15) is 5.60 Å². The number of carbonyl (C=O) groups is 2. The minimum Gasteiger partial charge on any atom is -0.481 e. The lowest BCUT2D eigenvalue weighted by atomic mass is 9.88. The Kier molecular flexibility index (Phi) is 4.41. The van der Waals surface area contributed by atoms with Gasteiger partial charge in [0.25, 0.3) is 0 Å². The van der Waals surface area contributed by atoms with Crippen molar-refractivity contribution in [3.63, 3.8) is 0 Å². The molecule has 1 aliphatic rings. The summed E-state index contributed by atoms with van der Waals surface area (Å²) < 4.78 is 7.12. The predicted molar refractivity (Wildman–Crippen MR) is 84.4 cm³/mol. The van der Waals surface area contributed by atoms with E-state index >= 15 is 0 Å². The Hall–Kier alpha value is -2.05. The molecule has 2 atom stereocenters. The van der Waals surface area contributed by atoms with Crippen molar-refractivity contribution in [2.75, 3.05) is 13.1 Å². The minimum atomic E-state index is -0.899. The van der Waals surface area contributed by atoms with Gasteiger partial charge in [-0.25, -0.2) is 4.79 Å². The van der Waals surface area contributed by atoms with Gasteiger partial charge >= 0.3 is 12.1 Å². The molecule has 1 aromatic rings. The molecule has 1 aliphatic heterocycles. The van der Waals surface area contributed by atoms with Crippen LogP contribution in [0.4, 0.5) is 4.79 Å². The van der Waals surface area contributed by atoms with Crippen molar-refractivity contribution in [2.45, 2.75) is 46.1 Å². The normalized spacial score (nSPS) is 21.6. The number of hydrogen-bond acceptors (Lipinski definition) is 4. The van der Waals surface area contributed by atoms with E-state index in [0.717, 1.165) is 17.0 Å². The molecule has 0 aromatic carbocycles. The van der Waals surface area contributed by atoms with Gasteiger partial charge in [0.05, 0.1) is 11.6 Å². The highest BCUT2D eigenvalue weighted by Crippen LogP contribution is 2.36. The van der Waals surface area contributed by atoms with Gasteiger partial charge in [-0.05, 0) is 34.6 Å². The number of aryl methyl sites for hydroxylation is 2. The van der Waals surface area contributed by atoms with Crippen LogP contribution in [-0.4, -0.2) is 50.5 Å². The highest BCUT2D eigenvalue weighted by Gasteiger charge is 2.43. The van der Waals surface area contributed by atoms with Gasteiger partial charge < -0.3 is 14.7 Å². The van der Waals surface area contributed by atoms with Crippen LogP contribution >= 0.6 is 0 Å². The highest BCUT2D eigenvalue weighted by atomic mass is 16.6. The van der Waals surface area contributed by atoms with Crippen LogP contribution in [0.5, 0.6) is 0 Å². The smallest absolute Gasteiger partial charge is 0.410 e. The van der Waals surface area contributed by atoms with Gasteiger partial charge in [0, 0.05) is 37.3 Å². The fraction of sp³-hybridized carbons (Fsp3) is 0.688. The Balaban J connectivity index is 2.29. The van der Waals surface area contributed by atoms with Crippen LogP contribution in [0.1, 0.15) is 43.6 Å². The number of amides is 1. The van der Waals surface area contributed by atoms with Crippen LogP contribution in [0, 0.1) is 19.8 Å². The molecule has 23 heavy (non-hydrogen) atoms. The van der Waals surface area contributed by atoms with E-state index in [1.165, 1.54) is 4.90 Å². The first kappa shape index (κ1) is 17.3. The average Bonchev–Trinajstić information content (AvgIpc) is 2.90. The van der Waals surface area contributed by atoms with E-state index in [2.05, 4.69) is 5.10 Å². The Morgan fingerprint density at radius 3 is 2.30 bits per heavy atom. The molecule has 7 nitrogen and oxygen atoms in total. The van der Waals surface area contributed by atoms with Crippen LogP contribution < -0.4 is 0 Å². The van der Waals surface area contributed by atoms with Gasteiger partial charge in [0.15, 0.2) is 0 Å². The van der Waals surface area contributed by atoms with Gasteiger partial charge in [-0.1, -0.05) is 0 Å². The molecule has 7 heteroatoms. The Morgan fingerprint density at radius 2 is 1.87 bits per heavy atom. The van der Waals surface area contributed by atoms with Crippen LogP contribution in [0.3, 0.4) is 0 Å². The van der Waals surface area contributed by atoms with Crippen LogP contribution in [0.15, 0.2) is 0 Å². The maximum absolute atomic E-state index is 12.3. The SMILES string of the molecule is Cc1nn(C)c(C)c1C1CN(C(=O)OC(C)(C)C)CC1C(=O)O. The van der Waals surface area contributed by atoms with E-state index in [4.69, 9.17) is 4.74 Å². The minimum absolute atomic E-state index is 0.155. The Labute approximate surface area is 136 Å². The molecule has 0 spiro atoms. The number of aliphatic carboxylic acids is 1. The lowest BCUT2D eigenvalue weighted by molar-refractivity contribution is -0.141. The molecule has 2 unspecified atom stereocenters. The molecule has 0 bridgehead atoms. The summed E-state index contributed by atoms with van der Waals surface area (Å²) in [6.45, 7) is 9.66. The van der Waals surface area contributed by atoms with E-state index in [1.807, 2.05) is 20.9 Å². The summed E-state index contributed by atoms with van der Waals surface area (Å²) in [5, 5.41) is 13.9. The molecule has 2 rings (SSSR count). The van der Waals surface area contributed by atoms with E-state index in [0.29, 0.717) is 6.54 Å². The number of nitrogens with zero attached hydrogens (tertiary/aromatic N) is 3. The fourth-order valence-corrected chi connectivity index (χ4v) is 3.15. The van der Waals surface area contributed by atoms with Crippen LogP contribution in [0.25, 0.3) is 0 Å². The monoisotopic (exact) mass is 323 g/mol. The number of ether oxygens (including phenoxy) is 1. The van der Waals surface area contributed by atoms with E-state index in [9.17, 15) is 14.7 Å². The second-order valence-electron chi connectivity index (χ2n) is 7.14. The molecular weight excluding hydrogens is 298 g/mol. The number of carboxylic acid groups (broad SMARTS) is 1. The number of rotatable bonds is 2. The van der Waals surface area contributed by atoms with Crippen molar-refractivity contribution in [3.8, 4) is 0 Å². The summed E-state index contributed by atoms with van der Waals surface area (Å²) in [7, 11) is 1.84. The first-order chi connectivity index (χ1) is 10.5. The zero-order valence-electron chi connectivity index (χ0n) is 14.6. The number of carboxylic acids is 1. The zero-order chi connectivity index (χ0) is 17.5. The van der Waals surface area contributed by atoms with Gasteiger partial charge in [-0.3, -0.25) is 9.48 Å². The van der Waals surface area contributed by atoms with Crippen molar-refractivity contribution >= 4 is 12.1 Å². The molecule has 0 aliphatic carbocycles. The lowest BCUT2D eigenvalue weighted by Crippen LogP contribution is -2.35. The number of carbonyl (C=O) groups excluding carboxylic acids is 1. The first-order valence-electron chi connectivity index (χ1n) is 7.72. The third-order valence-corrected chi connectivity index (χ3v) is 4.22. The molecule has 0 radical (unpaired) electrons. The highest BCUT2D eigenvalue weighted by molar-refractivity contribution is 5.76. The lowest BCUT2D eigenvalue weighted by Gasteiger charge is -2.24. The van der Waals surface area contributed by atoms with Gasteiger partial charge in [-0.15, -0.1) is 0 Å². The molecule has 1 fully saturated rings. The standard InChI is InChI=1S/C16H25N3O4/c1-9-13(10(2)18(6)17-9)11-7-19(8-12(11)14(20)21)15(22)23-16(3,4)5/h11-12H,7-8H2,1-6H3,(H,20,21).